The number of ether oxygens (including phenoxy) is 3. The highest BCUT2D eigenvalue weighted by atomic mass is 79.9. The lowest BCUT2D eigenvalue weighted by molar-refractivity contribution is -0.118. The Morgan fingerprint density at radius 2 is 1.79 bits per heavy atom. The molecule has 0 aliphatic carbocycles. The molecule has 0 spiro atoms. The molecule has 0 atom stereocenters. The van der Waals surface area contributed by atoms with E-state index in [1.165, 1.54) is 0 Å². The number of benzene rings is 2. The minimum absolute atomic E-state index is 0.0652. The second-order valence-corrected chi connectivity index (χ2v) is 7.33. The average molecular weight is 449 g/mol. The third-order valence-corrected chi connectivity index (χ3v) is 4.74. The fourth-order valence-electron chi connectivity index (χ4n) is 2.88. The predicted molar refractivity (Wildman–Crippen MR) is 114 cm³/mol. The first-order chi connectivity index (χ1) is 13.7. The maximum absolute atomic E-state index is 12.4. The molecule has 1 aliphatic rings. The van der Waals surface area contributed by atoms with Gasteiger partial charge in [-0.15, -0.1) is 0 Å². The average Bonchev–Trinajstić information content (AvgIpc) is 2.72. The van der Waals surface area contributed by atoms with Gasteiger partial charge in [0.1, 0.15) is 11.5 Å². The SMILES string of the molecule is CCCOc1ccc(OCC(=O)Nc2cc(Br)ccc2N2CCOCC2)cc1. The van der Waals surface area contributed by atoms with Crippen LogP contribution in [0.5, 0.6) is 11.5 Å². The molecule has 0 radical (unpaired) electrons. The first kappa shape index (κ1) is 20.5. The topological polar surface area (TPSA) is 60.0 Å². The second-order valence-electron chi connectivity index (χ2n) is 6.42. The first-order valence-corrected chi connectivity index (χ1v) is 10.2. The van der Waals surface area contributed by atoms with Crippen molar-refractivity contribution in [2.75, 3.05) is 49.7 Å². The Bertz CT molecular complexity index is 776. The molecule has 6 nitrogen and oxygen atoms in total. The van der Waals surface area contributed by atoms with Gasteiger partial charge in [0.05, 0.1) is 31.2 Å². The fraction of sp³-hybridized carbons (Fsp3) is 0.381. The maximum Gasteiger partial charge on any atom is 0.262 e. The lowest BCUT2D eigenvalue weighted by Gasteiger charge is -2.30. The number of halogens is 1. The van der Waals surface area contributed by atoms with Crippen LogP contribution in [0, 0.1) is 0 Å². The Morgan fingerprint density at radius 3 is 2.46 bits per heavy atom. The Kier molecular flexibility index (Phi) is 7.56. The zero-order valence-corrected chi connectivity index (χ0v) is 17.5. The molecule has 1 N–H and O–H groups in total. The lowest BCUT2D eigenvalue weighted by Crippen LogP contribution is -2.37. The number of carbonyl (C=O) groups is 1. The van der Waals surface area contributed by atoms with Crippen LogP contribution in [-0.2, 0) is 9.53 Å². The Labute approximate surface area is 173 Å². The van der Waals surface area contributed by atoms with E-state index in [0.29, 0.717) is 25.6 Å². The number of carbonyl (C=O) groups excluding carboxylic acids is 1. The largest absolute Gasteiger partial charge is 0.494 e. The van der Waals surface area contributed by atoms with Gasteiger partial charge < -0.3 is 24.4 Å². The molecule has 1 aliphatic heterocycles. The molecule has 1 heterocycles. The summed E-state index contributed by atoms with van der Waals surface area (Å²) >= 11 is 3.47. The van der Waals surface area contributed by atoms with Gasteiger partial charge in [-0.2, -0.15) is 0 Å². The summed E-state index contributed by atoms with van der Waals surface area (Å²) in [5, 5.41) is 2.96. The Hall–Kier alpha value is -2.25. The summed E-state index contributed by atoms with van der Waals surface area (Å²) in [6.45, 7) is 5.65. The normalized spacial score (nSPS) is 13.9. The number of anilines is 2. The number of hydrogen-bond donors (Lipinski definition) is 1. The van der Waals surface area contributed by atoms with Crippen LogP contribution in [0.1, 0.15) is 13.3 Å². The van der Waals surface area contributed by atoms with Crippen LogP contribution in [0.15, 0.2) is 46.9 Å². The summed E-state index contributed by atoms with van der Waals surface area (Å²) in [4.78, 5) is 14.6. The van der Waals surface area contributed by atoms with Crippen LogP contribution < -0.4 is 19.7 Å². The molecule has 0 aromatic heterocycles. The van der Waals surface area contributed by atoms with Gasteiger partial charge in [-0.3, -0.25) is 4.79 Å². The molecule has 1 amide bonds. The van der Waals surface area contributed by atoms with Crippen molar-refractivity contribution in [1.82, 2.24) is 0 Å². The van der Waals surface area contributed by atoms with Crippen molar-refractivity contribution in [3.8, 4) is 11.5 Å². The van der Waals surface area contributed by atoms with Crippen molar-refractivity contribution in [2.24, 2.45) is 0 Å². The van der Waals surface area contributed by atoms with E-state index in [9.17, 15) is 4.79 Å². The highest BCUT2D eigenvalue weighted by molar-refractivity contribution is 9.10. The highest BCUT2D eigenvalue weighted by Gasteiger charge is 2.16. The van der Waals surface area contributed by atoms with Gasteiger partial charge >= 0.3 is 0 Å². The van der Waals surface area contributed by atoms with Crippen molar-refractivity contribution in [3.63, 3.8) is 0 Å². The van der Waals surface area contributed by atoms with Crippen LogP contribution in [0.4, 0.5) is 11.4 Å². The summed E-state index contributed by atoms with van der Waals surface area (Å²) in [5.74, 6) is 1.21. The van der Waals surface area contributed by atoms with Crippen molar-refractivity contribution in [1.29, 1.82) is 0 Å². The van der Waals surface area contributed by atoms with E-state index >= 15 is 0 Å². The molecule has 2 aromatic rings. The maximum atomic E-state index is 12.4. The number of nitrogens with zero attached hydrogens (tertiary/aromatic N) is 1. The standard InChI is InChI=1S/C21H25BrN2O4/c1-2-11-27-17-4-6-18(7-5-17)28-15-21(25)23-19-14-16(22)3-8-20(19)24-9-12-26-13-10-24/h3-8,14H,2,9-13,15H2,1H3,(H,23,25). The molecule has 7 heteroatoms. The Morgan fingerprint density at radius 1 is 1.11 bits per heavy atom. The van der Waals surface area contributed by atoms with E-state index < -0.39 is 0 Å². The number of amides is 1. The van der Waals surface area contributed by atoms with Gasteiger partial charge in [-0.25, -0.2) is 0 Å². The van der Waals surface area contributed by atoms with Crippen LogP contribution in [0.2, 0.25) is 0 Å². The van der Waals surface area contributed by atoms with E-state index in [-0.39, 0.29) is 12.5 Å². The molecule has 2 aromatic carbocycles. The van der Waals surface area contributed by atoms with E-state index in [0.717, 1.165) is 41.1 Å². The molecular weight excluding hydrogens is 424 g/mol. The zero-order valence-electron chi connectivity index (χ0n) is 15.9. The third kappa shape index (κ3) is 5.87. The van der Waals surface area contributed by atoms with Crippen LogP contribution in [-0.4, -0.2) is 45.4 Å². The second kappa shape index (κ2) is 10.3. The van der Waals surface area contributed by atoms with E-state index in [1.54, 1.807) is 12.1 Å². The number of nitrogens with one attached hydrogen (secondary N) is 1. The van der Waals surface area contributed by atoms with Crippen molar-refractivity contribution >= 4 is 33.2 Å². The van der Waals surface area contributed by atoms with Gasteiger partial charge in [0.2, 0.25) is 0 Å². The monoisotopic (exact) mass is 448 g/mol. The fourth-order valence-corrected chi connectivity index (χ4v) is 3.24. The molecule has 28 heavy (non-hydrogen) atoms. The quantitative estimate of drug-likeness (QED) is 0.658. The molecule has 0 saturated carbocycles. The smallest absolute Gasteiger partial charge is 0.262 e. The predicted octanol–water partition coefficient (Wildman–Crippen LogP) is 4.09. The molecule has 1 fully saturated rings. The van der Waals surface area contributed by atoms with Crippen LogP contribution in [0.3, 0.4) is 0 Å². The Balaban J connectivity index is 1.58. The minimum atomic E-state index is -0.209. The number of rotatable bonds is 8. The summed E-state index contributed by atoms with van der Waals surface area (Å²) in [6, 6.07) is 13.2. The third-order valence-electron chi connectivity index (χ3n) is 4.25. The number of hydrogen-bond acceptors (Lipinski definition) is 5. The molecule has 0 unspecified atom stereocenters. The van der Waals surface area contributed by atoms with Gasteiger partial charge in [0.25, 0.3) is 5.91 Å². The minimum Gasteiger partial charge on any atom is -0.494 e. The van der Waals surface area contributed by atoms with Crippen molar-refractivity contribution in [2.45, 2.75) is 13.3 Å². The zero-order chi connectivity index (χ0) is 19.8. The van der Waals surface area contributed by atoms with Crippen LogP contribution in [0.25, 0.3) is 0 Å². The summed E-state index contributed by atoms with van der Waals surface area (Å²) in [6.07, 6.45) is 0.959. The van der Waals surface area contributed by atoms with Crippen LogP contribution >= 0.6 is 15.9 Å². The highest BCUT2D eigenvalue weighted by Crippen LogP contribution is 2.30. The van der Waals surface area contributed by atoms with Gasteiger partial charge in [-0.05, 0) is 48.9 Å². The lowest BCUT2D eigenvalue weighted by atomic mass is 10.2. The first-order valence-electron chi connectivity index (χ1n) is 9.43. The summed E-state index contributed by atoms with van der Waals surface area (Å²) in [7, 11) is 0. The van der Waals surface area contributed by atoms with Gasteiger partial charge in [0.15, 0.2) is 6.61 Å². The van der Waals surface area contributed by atoms with Crippen molar-refractivity contribution < 1.29 is 19.0 Å². The molecule has 1 saturated heterocycles. The molecule has 150 valence electrons. The molecular formula is C21H25BrN2O4. The van der Waals surface area contributed by atoms with E-state index in [2.05, 4.69) is 33.1 Å². The van der Waals surface area contributed by atoms with E-state index in [1.807, 2.05) is 30.3 Å². The van der Waals surface area contributed by atoms with Crippen molar-refractivity contribution in [3.05, 3.63) is 46.9 Å². The molecule has 3 rings (SSSR count). The summed E-state index contributed by atoms with van der Waals surface area (Å²) < 4.78 is 17.5. The number of morpholine rings is 1. The molecule has 0 bridgehead atoms. The van der Waals surface area contributed by atoms with Gasteiger partial charge in [0, 0.05) is 17.6 Å². The summed E-state index contributed by atoms with van der Waals surface area (Å²) in [5.41, 5.74) is 1.74. The van der Waals surface area contributed by atoms with E-state index in [4.69, 9.17) is 14.2 Å². The van der Waals surface area contributed by atoms with Gasteiger partial charge in [-0.1, -0.05) is 22.9 Å².